The van der Waals surface area contributed by atoms with E-state index in [0.717, 1.165) is 6.21 Å². The number of rotatable bonds is 3. The summed E-state index contributed by atoms with van der Waals surface area (Å²) in [5, 5.41) is 3.52. The van der Waals surface area contributed by atoms with Crippen LogP contribution in [0.15, 0.2) is 34.3 Å². The first kappa shape index (κ1) is 12.3. The predicted octanol–water partition coefficient (Wildman–Crippen LogP) is 0.403. The van der Waals surface area contributed by atoms with Crippen molar-refractivity contribution in [1.82, 2.24) is 5.43 Å². The molecular weight excluding hydrogens is 232 g/mol. The Hall–Kier alpha value is -1.73. The highest BCUT2D eigenvalue weighted by molar-refractivity contribution is 7.86. The van der Waals surface area contributed by atoms with Crippen molar-refractivity contribution in [3.05, 3.63) is 29.8 Å². The van der Waals surface area contributed by atoms with Crippen LogP contribution in [0.3, 0.4) is 0 Å². The van der Waals surface area contributed by atoms with E-state index in [1.807, 2.05) is 0 Å². The van der Waals surface area contributed by atoms with Crippen molar-refractivity contribution < 1.29 is 17.8 Å². The van der Waals surface area contributed by atoms with Crippen LogP contribution >= 0.6 is 0 Å². The van der Waals surface area contributed by atoms with Gasteiger partial charge in [0.15, 0.2) is 0 Å². The van der Waals surface area contributed by atoms with Crippen molar-refractivity contribution in [3.63, 3.8) is 0 Å². The van der Waals surface area contributed by atoms with E-state index in [1.54, 1.807) is 6.07 Å². The molecule has 0 spiro atoms. The standard InChI is InChI=1S/C9H10N2O4S/c1-7(12)11-10-6-8-4-2-3-5-9(8)16(13,14)15/h2-6H,1H3,(H,11,12)(H,13,14,15)/b10-6-. The van der Waals surface area contributed by atoms with E-state index in [1.165, 1.54) is 25.1 Å². The zero-order chi connectivity index (χ0) is 12.2. The van der Waals surface area contributed by atoms with Crippen molar-refractivity contribution in [2.24, 2.45) is 5.10 Å². The molecule has 0 saturated heterocycles. The number of nitrogens with zero attached hydrogens (tertiary/aromatic N) is 1. The molecule has 6 nitrogen and oxygen atoms in total. The van der Waals surface area contributed by atoms with Gasteiger partial charge < -0.3 is 0 Å². The minimum absolute atomic E-state index is 0.193. The van der Waals surface area contributed by atoms with E-state index in [4.69, 9.17) is 4.55 Å². The summed E-state index contributed by atoms with van der Waals surface area (Å²) in [6.07, 6.45) is 1.14. The van der Waals surface area contributed by atoms with Gasteiger partial charge in [0.25, 0.3) is 10.1 Å². The third-order valence-corrected chi connectivity index (χ3v) is 2.55. The number of amides is 1. The molecule has 0 atom stereocenters. The lowest BCUT2D eigenvalue weighted by Gasteiger charge is -2.00. The first-order valence-corrected chi connectivity index (χ1v) is 5.71. The molecule has 0 fully saturated rings. The van der Waals surface area contributed by atoms with Gasteiger partial charge in [0.05, 0.1) is 6.21 Å². The number of nitrogens with one attached hydrogen (secondary N) is 1. The zero-order valence-corrected chi connectivity index (χ0v) is 9.23. The van der Waals surface area contributed by atoms with Gasteiger partial charge in [-0.15, -0.1) is 0 Å². The fourth-order valence-electron chi connectivity index (χ4n) is 1.01. The molecule has 1 aromatic carbocycles. The number of hydrazone groups is 1. The summed E-state index contributed by atoms with van der Waals surface area (Å²) in [5.74, 6) is -0.374. The van der Waals surface area contributed by atoms with Crippen LogP contribution < -0.4 is 5.43 Å². The number of hydrogen-bond acceptors (Lipinski definition) is 4. The van der Waals surface area contributed by atoms with Gasteiger partial charge in [-0.25, -0.2) is 5.43 Å². The summed E-state index contributed by atoms with van der Waals surface area (Å²) >= 11 is 0. The largest absolute Gasteiger partial charge is 0.295 e. The van der Waals surface area contributed by atoms with E-state index in [0.29, 0.717) is 0 Å². The van der Waals surface area contributed by atoms with E-state index in [2.05, 4.69) is 10.5 Å². The fourth-order valence-corrected chi connectivity index (χ4v) is 1.68. The Labute approximate surface area is 92.7 Å². The molecule has 0 aliphatic rings. The topological polar surface area (TPSA) is 95.8 Å². The fraction of sp³-hybridized carbons (Fsp3) is 0.111. The smallest absolute Gasteiger partial charge is 0.282 e. The van der Waals surface area contributed by atoms with Gasteiger partial charge in [-0.1, -0.05) is 18.2 Å². The number of carbonyl (C=O) groups excluding carboxylic acids is 1. The third kappa shape index (κ3) is 3.44. The molecule has 2 N–H and O–H groups in total. The SMILES string of the molecule is CC(=O)N/N=C\c1ccccc1S(=O)(=O)O. The van der Waals surface area contributed by atoms with E-state index >= 15 is 0 Å². The highest BCUT2D eigenvalue weighted by Gasteiger charge is 2.12. The van der Waals surface area contributed by atoms with Gasteiger partial charge in [-0.05, 0) is 6.07 Å². The summed E-state index contributed by atoms with van der Waals surface area (Å²) in [6, 6.07) is 5.75. The monoisotopic (exact) mass is 242 g/mol. The van der Waals surface area contributed by atoms with Gasteiger partial charge in [0, 0.05) is 12.5 Å². The van der Waals surface area contributed by atoms with Crippen molar-refractivity contribution in [1.29, 1.82) is 0 Å². The minimum atomic E-state index is -4.29. The maximum atomic E-state index is 11.0. The molecule has 0 radical (unpaired) electrons. The van der Waals surface area contributed by atoms with Crippen LogP contribution in [0, 0.1) is 0 Å². The van der Waals surface area contributed by atoms with Gasteiger partial charge >= 0.3 is 0 Å². The van der Waals surface area contributed by atoms with Crippen LogP contribution in [0.5, 0.6) is 0 Å². The Morgan fingerprint density at radius 3 is 2.62 bits per heavy atom. The maximum Gasteiger partial charge on any atom is 0.295 e. The van der Waals surface area contributed by atoms with Crippen molar-refractivity contribution in [3.8, 4) is 0 Å². The quantitative estimate of drug-likeness (QED) is 0.455. The van der Waals surface area contributed by atoms with E-state index in [9.17, 15) is 13.2 Å². The average Bonchev–Trinajstić information content (AvgIpc) is 2.16. The first-order valence-electron chi connectivity index (χ1n) is 4.27. The molecule has 0 aliphatic carbocycles. The zero-order valence-electron chi connectivity index (χ0n) is 8.41. The predicted molar refractivity (Wildman–Crippen MR) is 57.7 cm³/mol. The van der Waals surface area contributed by atoms with Crippen LogP contribution in [0.1, 0.15) is 12.5 Å². The van der Waals surface area contributed by atoms with E-state index in [-0.39, 0.29) is 16.4 Å². The normalized spacial score (nSPS) is 11.6. The van der Waals surface area contributed by atoms with Crippen molar-refractivity contribution in [2.75, 3.05) is 0 Å². The molecule has 1 rings (SSSR count). The molecule has 1 amide bonds. The minimum Gasteiger partial charge on any atom is -0.282 e. The first-order chi connectivity index (χ1) is 7.41. The Kier molecular flexibility index (Phi) is 3.75. The molecule has 0 saturated carbocycles. The van der Waals surface area contributed by atoms with Crippen LogP contribution in [0.25, 0.3) is 0 Å². The summed E-state index contributed by atoms with van der Waals surface area (Å²) < 4.78 is 30.8. The van der Waals surface area contributed by atoms with Crippen molar-refractivity contribution >= 4 is 22.2 Å². The second-order valence-corrected chi connectivity index (χ2v) is 4.33. The number of hydrogen-bond donors (Lipinski definition) is 2. The third-order valence-electron chi connectivity index (χ3n) is 1.62. The van der Waals surface area contributed by atoms with Gasteiger partial charge in [0.1, 0.15) is 4.90 Å². The highest BCUT2D eigenvalue weighted by atomic mass is 32.2. The summed E-state index contributed by atoms with van der Waals surface area (Å²) in [6.45, 7) is 1.27. The van der Waals surface area contributed by atoms with Crippen molar-refractivity contribution in [2.45, 2.75) is 11.8 Å². The Balaban J connectivity index is 3.06. The summed E-state index contributed by atoms with van der Waals surface area (Å²) in [7, 11) is -4.29. The molecule has 0 bridgehead atoms. The second kappa shape index (κ2) is 4.86. The molecule has 0 aromatic heterocycles. The lowest BCUT2D eigenvalue weighted by atomic mass is 10.2. The van der Waals surface area contributed by atoms with E-state index < -0.39 is 10.1 Å². The van der Waals surface area contributed by atoms with Gasteiger partial charge in [0.2, 0.25) is 5.91 Å². The maximum absolute atomic E-state index is 11.0. The number of carbonyl (C=O) groups is 1. The summed E-state index contributed by atoms with van der Waals surface area (Å²) in [5.41, 5.74) is 2.32. The van der Waals surface area contributed by atoms with Gasteiger partial charge in [-0.2, -0.15) is 13.5 Å². The molecule has 0 unspecified atom stereocenters. The number of benzene rings is 1. The molecule has 0 heterocycles. The van der Waals surface area contributed by atoms with Crippen LogP contribution in [-0.4, -0.2) is 25.1 Å². The van der Waals surface area contributed by atoms with Gasteiger partial charge in [-0.3, -0.25) is 9.35 Å². The Morgan fingerprint density at radius 1 is 1.44 bits per heavy atom. The molecule has 86 valence electrons. The Morgan fingerprint density at radius 2 is 2.06 bits per heavy atom. The summed E-state index contributed by atoms with van der Waals surface area (Å²) in [4.78, 5) is 10.3. The lowest BCUT2D eigenvalue weighted by Crippen LogP contribution is -2.12. The molecular formula is C9H10N2O4S. The highest BCUT2D eigenvalue weighted by Crippen LogP contribution is 2.12. The lowest BCUT2D eigenvalue weighted by molar-refractivity contribution is -0.118. The molecule has 16 heavy (non-hydrogen) atoms. The molecule has 7 heteroatoms. The van der Waals surface area contributed by atoms with Crippen LogP contribution in [0.2, 0.25) is 0 Å². The average molecular weight is 242 g/mol. The van der Waals surface area contributed by atoms with Crippen LogP contribution in [-0.2, 0) is 14.9 Å². The second-order valence-electron chi connectivity index (χ2n) is 2.94. The molecule has 0 aliphatic heterocycles. The Bertz CT molecular complexity index is 522. The molecule has 1 aromatic rings. The van der Waals surface area contributed by atoms with Crippen LogP contribution in [0.4, 0.5) is 0 Å².